The Balaban J connectivity index is 2.07. The molecule has 1 aromatic rings. The van der Waals surface area contributed by atoms with Gasteiger partial charge in [-0.3, -0.25) is 0 Å². The Hall–Kier alpha value is -1.27. The van der Waals surface area contributed by atoms with Crippen molar-refractivity contribution in [2.45, 2.75) is 25.8 Å². The molecule has 0 saturated carbocycles. The molecule has 2 N–H and O–H groups in total. The first-order valence-electron chi connectivity index (χ1n) is 5.42. The molecule has 0 aromatic carbocycles. The maximum Gasteiger partial charge on any atom is 0.707 e. The predicted molar refractivity (Wildman–Crippen MR) is 61.1 cm³/mol. The van der Waals surface area contributed by atoms with Crippen molar-refractivity contribution in [1.29, 1.82) is 0 Å². The summed E-state index contributed by atoms with van der Waals surface area (Å²) in [6, 6.07) is 4.04. The molecule has 0 amide bonds. The summed E-state index contributed by atoms with van der Waals surface area (Å²) < 4.78 is 4.69. The molecule has 2 rings (SSSR count). The largest absolute Gasteiger partial charge is 0.707 e. The van der Waals surface area contributed by atoms with Gasteiger partial charge in [0.2, 0.25) is 0 Å². The van der Waals surface area contributed by atoms with E-state index >= 15 is 0 Å². The predicted octanol–water partition coefficient (Wildman–Crippen LogP) is 0.419. The van der Waals surface area contributed by atoms with Crippen molar-refractivity contribution in [2.24, 2.45) is 0 Å². The third kappa shape index (κ3) is 2.45. The Morgan fingerprint density at radius 3 is 2.81 bits per heavy atom. The number of aromatic nitrogens is 1. The number of rotatable bonds is 3. The van der Waals surface area contributed by atoms with Gasteiger partial charge in [0.25, 0.3) is 0 Å². The lowest BCUT2D eigenvalue weighted by Crippen LogP contribution is -2.27. The van der Waals surface area contributed by atoms with E-state index in [4.69, 9.17) is 10.0 Å². The Labute approximate surface area is 94.9 Å². The second-order valence-corrected chi connectivity index (χ2v) is 3.98. The van der Waals surface area contributed by atoms with E-state index in [2.05, 4.69) is 21.5 Å². The molecule has 1 aliphatic heterocycles. The fourth-order valence-corrected chi connectivity index (χ4v) is 2.01. The van der Waals surface area contributed by atoms with Gasteiger partial charge >= 0.3 is 7.32 Å². The van der Waals surface area contributed by atoms with Crippen LogP contribution in [0.25, 0.3) is 0 Å². The molecule has 0 radical (unpaired) electrons. The van der Waals surface area contributed by atoms with Crippen LogP contribution < -0.4 is 9.55 Å². The number of hydrogen-bond acceptors (Lipinski definition) is 5. The monoisotopic (exact) mass is 222 g/mol. The Bertz CT molecular complexity index is 344. The summed E-state index contributed by atoms with van der Waals surface area (Å²) >= 11 is 0. The molecule has 1 fully saturated rings. The molecule has 1 atom stereocenters. The third-order valence-corrected chi connectivity index (χ3v) is 2.81. The molecule has 16 heavy (non-hydrogen) atoms. The zero-order valence-electron chi connectivity index (χ0n) is 9.21. The highest BCUT2D eigenvalue weighted by molar-refractivity contribution is 6.33. The molecule has 0 bridgehead atoms. The van der Waals surface area contributed by atoms with Crippen LogP contribution in [0.4, 0.5) is 5.82 Å². The van der Waals surface area contributed by atoms with Crippen LogP contribution in [-0.4, -0.2) is 34.9 Å². The van der Waals surface area contributed by atoms with Crippen LogP contribution in [-0.2, 0) is 0 Å². The topological polar surface area (TPSA) is 65.8 Å². The molecule has 2 heterocycles. The van der Waals surface area contributed by atoms with Crippen molar-refractivity contribution in [1.82, 2.24) is 4.98 Å². The van der Waals surface area contributed by atoms with E-state index < -0.39 is 7.32 Å². The smallest absolute Gasteiger partial charge is 0.511 e. The highest BCUT2D eigenvalue weighted by atomic mass is 16.6. The average molecular weight is 222 g/mol. The van der Waals surface area contributed by atoms with Crippen LogP contribution in [0.5, 0.6) is 5.75 Å². The highest BCUT2D eigenvalue weighted by Gasteiger charge is 2.21. The van der Waals surface area contributed by atoms with Gasteiger partial charge in [-0.1, -0.05) is 0 Å². The first kappa shape index (κ1) is 11.2. The van der Waals surface area contributed by atoms with E-state index in [0.29, 0.717) is 11.8 Å². The van der Waals surface area contributed by atoms with Gasteiger partial charge in [-0.15, -0.1) is 0 Å². The third-order valence-electron chi connectivity index (χ3n) is 2.81. The van der Waals surface area contributed by atoms with Crippen molar-refractivity contribution in [2.75, 3.05) is 11.4 Å². The number of hydrogen-bond donors (Lipinski definition) is 2. The minimum atomic E-state index is -1.79. The molecule has 0 spiro atoms. The SMILES string of the molecule is CC1CCCN1c1ccc(OB(O)O)cn1. The van der Waals surface area contributed by atoms with E-state index in [1.54, 1.807) is 6.07 Å². The minimum absolute atomic E-state index is 0.352. The minimum Gasteiger partial charge on any atom is -0.511 e. The normalized spacial score (nSPS) is 19.9. The summed E-state index contributed by atoms with van der Waals surface area (Å²) in [6.45, 7) is 3.20. The molecule has 5 nitrogen and oxygen atoms in total. The van der Waals surface area contributed by atoms with Gasteiger partial charge in [0.05, 0.1) is 6.20 Å². The summed E-state index contributed by atoms with van der Waals surface area (Å²) in [5.41, 5.74) is 0. The van der Waals surface area contributed by atoms with Crippen LogP contribution in [0.3, 0.4) is 0 Å². The molecule has 1 aliphatic rings. The highest BCUT2D eigenvalue weighted by Crippen LogP contribution is 2.24. The van der Waals surface area contributed by atoms with E-state index in [9.17, 15) is 0 Å². The van der Waals surface area contributed by atoms with Crippen LogP contribution in [0.1, 0.15) is 19.8 Å². The van der Waals surface area contributed by atoms with Crippen LogP contribution in [0.2, 0.25) is 0 Å². The van der Waals surface area contributed by atoms with Gasteiger partial charge in [-0.05, 0) is 31.9 Å². The lowest BCUT2D eigenvalue weighted by molar-refractivity contribution is 0.287. The van der Waals surface area contributed by atoms with Crippen LogP contribution in [0.15, 0.2) is 18.3 Å². The molecule has 6 heteroatoms. The maximum absolute atomic E-state index is 8.62. The first-order chi connectivity index (χ1) is 7.66. The van der Waals surface area contributed by atoms with Gasteiger partial charge in [-0.2, -0.15) is 0 Å². The molecule has 0 aliphatic carbocycles. The quantitative estimate of drug-likeness (QED) is 0.725. The zero-order valence-corrected chi connectivity index (χ0v) is 9.21. The zero-order chi connectivity index (χ0) is 11.5. The van der Waals surface area contributed by atoms with Crippen molar-refractivity contribution >= 4 is 13.1 Å². The number of pyridine rings is 1. The lowest BCUT2D eigenvalue weighted by Gasteiger charge is -2.22. The maximum atomic E-state index is 8.62. The molecular weight excluding hydrogens is 207 g/mol. The molecule has 1 aromatic heterocycles. The van der Waals surface area contributed by atoms with Gasteiger partial charge in [0.1, 0.15) is 11.6 Å². The molecule has 86 valence electrons. The van der Waals surface area contributed by atoms with Crippen molar-refractivity contribution < 1.29 is 14.7 Å². The van der Waals surface area contributed by atoms with Crippen molar-refractivity contribution in [3.8, 4) is 5.75 Å². The van der Waals surface area contributed by atoms with E-state index in [-0.39, 0.29) is 0 Å². The van der Waals surface area contributed by atoms with Gasteiger partial charge < -0.3 is 19.6 Å². The average Bonchev–Trinajstić information content (AvgIpc) is 2.65. The lowest BCUT2D eigenvalue weighted by atomic mass is 10.2. The Kier molecular flexibility index (Phi) is 3.31. The van der Waals surface area contributed by atoms with E-state index in [1.807, 2.05) is 6.07 Å². The second kappa shape index (κ2) is 4.72. The fourth-order valence-electron chi connectivity index (χ4n) is 2.01. The van der Waals surface area contributed by atoms with Gasteiger partial charge in [-0.25, -0.2) is 4.98 Å². The van der Waals surface area contributed by atoms with Gasteiger partial charge in [0.15, 0.2) is 0 Å². The van der Waals surface area contributed by atoms with E-state index in [0.717, 1.165) is 12.4 Å². The Morgan fingerprint density at radius 2 is 2.31 bits per heavy atom. The summed E-state index contributed by atoms with van der Waals surface area (Å²) in [4.78, 5) is 6.48. The number of nitrogens with zero attached hydrogens (tertiary/aromatic N) is 2. The van der Waals surface area contributed by atoms with Crippen LogP contribution in [0, 0.1) is 0 Å². The summed E-state index contributed by atoms with van der Waals surface area (Å²) in [7, 11) is -1.79. The summed E-state index contributed by atoms with van der Waals surface area (Å²) in [6.07, 6.45) is 3.88. The molecule has 1 unspecified atom stereocenters. The number of anilines is 1. The van der Waals surface area contributed by atoms with E-state index in [1.165, 1.54) is 19.0 Å². The Morgan fingerprint density at radius 1 is 1.50 bits per heavy atom. The molecular formula is C10H15BN2O3. The van der Waals surface area contributed by atoms with Gasteiger partial charge in [0, 0.05) is 12.6 Å². The molecule has 1 saturated heterocycles. The second-order valence-electron chi connectivity index (χ2n) is 3.98. The van der Waals surface area contributed by atoms with Crippen molar-refractivity contribution in [3.05, 3.63) is 18.3 Å². The summed E-state index contributed by atoms with van der Waals surface area (Å²) in [5, 5.41) is 17.2. The van der Waals surface area contributed by atoms with Crippen LogP contribution >= 0.6 is 0 Å². The fraction of sp³-hybridized carbons (Fsp3) is 0.500. The summed E-state index contributed by atoms with van der Waals surface area (Å²) in [5.74, 6) is 1.26. The standard InChI is InChI=1S/C10H15BN2O3/c1-8-3-2-6-13(8)10-5-4-9(7-12-10)16-11(14)15/h4-5,7-8,14-15H,2-3,6H2,1H3. The van der Waals surface area contributed by atoms with Crippen molar-refractivity contribution in [3.63, 3.8) is 0 Å². The first-order valence-corrected chi connectivity index (χ1v) is 5.42.